The molecule has 45 heavy (non-hydrogen) atoms. The number of thioether (sulfide) groups is 1. The average molecular weight is 627 g/mol. The average Bonchev–Trinajstić information content (AvgIpc) is 3.09. The van der Waals surface area contributed by atoms with Gasteiger partial charge < -0.3 is 29.7 Å². The third-order valence-electron chi connectivity index (χ3n) is 7.23. The zero-order valence-corrected chi connectivity index (χ0v) is 25.3. The fourth-order valence-corrected chi connectivity index (χ4v) is 5.92. The van der Waals surface area contributed by atoms with Crippen molar-refractivity contribution in [3.63, 3.8) is 0 Å². The van der Waals surface area contributed by atoms with Gasteiger partial charge in [-0.3, -0.25) is 0 Å². The summed E-state index contributed by atoms with van der Waals surface area (Å²) < 4.78 is 17.9. The molecule has 0 spiro atoms. The third-order valence-corrected chi connectivity index (χ3v) is 8.37. The number of nitrogens with one attached hydrogen (secondary N) is 1. The number of hydrogen-bond acceptors (Lipinski definition) is 8. The summed E-state index contributed by atoms with van der Waals surface area (Å²) >= 11 is 1.35. The van der Waals surface area contributed by atoms with Crippen molar-refractivity contribution < 1.29 is 34.0 Å². The Bertz CT molecular complexity index is 1610. The molecule has 4 aromatic rings. The predicted molar refractivity (Wildman–Crippen MR) is 171 cm³/mol. The smallest absolute Gasteiger partial charge is 0.407 e. The van der Waals surface area contributed by atoms with Crippen LogP contribution in [0.5, 0.6) is 0 Å². The number of pyridine rings is 1. The van der Waals surface area contributed by atoms with Crippen LogP contribution in [0.2, 0.25) is 0 Å². The van der Waals surface area contributed by atoms with Gasteiger partial charge in [0.1, 0.15) is 11.6 Å². The van der Waals surface area contributed by atoms with Gasteiger partial charge in [0.15, 0.2) is 6.29 Å². The van der Waals surface area contributed by atoms with E-state index in [0.29, 0.717) is 23.7 Å². The molecule has 1 aliphatic rings. The molecule has 0 radical (unpaired) electrons. The van der Waals surface area contributed by atoms with Gasteiger partial charge in [0.2, 0.25) is 0 Å². The summed E-state index contributed by atoms with van der Waals surface area (Å²) in [4.78, 5) is 27.8. The molecule has 3 unspecified atom stereocenters. The van der Waals surface area contributed by atoms with E-state index in [1.807, 2.05) is 72.8 Å². The molecule has 2 heterocycles. The second kappa shape index (κ2) is 15.5. The van der Waals surface area contributed by atoms with E-state index in [1.54, 1.807) is 18.3 Å². The first-order valence-corrected chi connectivity index (χ1v) is 15.4. The number of hydrogen-bond donors (Lipinski definition) is 3. The van der Waals surface area contributed by atoms with E-state index in [-0.39, 0.29) is 31.0 Å². The molecule has 1 aliphatic heterocycles. The van der Waals surface area contributed by atoms with Crippen molar-refractivity contribution in [1.82, 2.24) is 10.3 Å². The molecule has 3 N–H and O–H groups in total. The number of ether oxygens (including phenoxy) is 3. The van der Waals surface area contributed by atoms with Crippen molar-refractivity contribution in [1.29, 1.82) is 0 Å². The minimum absolute atomic E-state index is 0.0408. The van der Waals surface area contributed by atoms with Crippen molar-refractivity contribution in [2.75, 3.05) is 12.4 Å². The Kier molecular flexibility index (Phi) is 11.0. The Morgan fingerprint density at radius 1 is 0.978 bits per heavy atom. The van der Waals surface area contributed by atoms with Gasteiger partial charge in [0.05, 0.1) is 24.4 Å². The van der Waals surface area contributed by atoms with Crippen LogP contribution in [0.1, 0.15) is 51.4 Å². The van der Waals surface area contributed by atoms with Crippen LogP contribution in [-0.4, -0.2) is 45.7 Å². The summed E-state index contributed by atoms with van der Waals surface area (Å²) in [6.07, 6.45) is 1.99. The third kappa shape index (κ3) is 8.58. The molecule has 0 aliphatic carbocycles. The molecule has 1 saturated heterocycles. The molecule has 5 rings (SSSR count). The first-order valence-electron chi connectivity index (χ1n) is 14.5. The number of amides is 1. The van der Waals surface area contributed by atoms with Crippen LogP contribution in [0.15, 0.2) is 109 Å². The first-order chi connectivity index (χ1) is 21.9. The highest BCUT2D eigenvalue weighted by molar-refractivity contribution is 7.99. The van der Waals surface area contributed by atoms with Crippen LogP contribution in [0, 0.1) is 0 Å². The molecule has 1 amide bonds. The molecule has 0 bridgehead atoms. The predicted octanol–water partition coefficient (Wildman–Crippen LogP) is 6.69. The lowest BCUT2D eigenvalue weighted by Gasteiger charge is -2.36. The van der Waals surface area contributed by atoms with Gasteiger partial charge in [-0.2, -0.15) is 0 Å². The number of aromatic nitrogens is 1. The van der Waals surface area contributed by atoms with E-state index in [1.165, 1.54) is 17.8 Å². The zero-order chi connectivity index (χ0) is 31.6. The lowest BCUT2D eigenvalue weighted by atomic mass is 9.99. The van der Waals surface area contributed by atoms with Crippen LogP contribution < -0.4 is 5.32 Å². The van der Waals surface area contributed by atoms with E-state index in [0.717, 1.165) is 33.4 Å². The van der Waals surface area contributed by atoms with Crippen LogP contribution >= 0.6 is 11.8 Å². The van der Waals surface area contributed by atoms with Gasteiger partial charge in [0, 0.05) is 30.5 Å². The van der Waals surface area contributed by atoms with E-state index in [2.05, 4.69) is 16.9 Å². The van der Waals surface area contributed by atoms with Gasteiger partial charge in [-0.25, -0.2) is 14.6 Å². The Morgan fingerprint density at radius 3 is 2.49 bits per heavy atom. The van der Waals surface area contributed by atoms with E-state index in [9.17, 15) is 19.8 Å². The monoisotopic (exact) mass is 626 g/mol. The fraction of sp³-hybridized carbons (Fsp3) is 0.229. The summed E-state index contributed by atoms with van der Waals surface area (Å²) in [6, 6.07) is 26.7. The summed E-state index contributed by atoms with van der Waals surface area (Å²) in [5.41, 5.74) is 5.70. The number of nitrogens with zero attached hydrogens (tertiary/aromatic N) is 1. The quantitative estimate of drug-likeness (QED) is 0.116. The van der Waals surface area contributed by atoms with Crippen molar-refractivity contribution >= 4 is 23.8 Å². The fourth-order valence-electron chi connectivity index (χ4n) is 4.92. The lowest BCUT2D eigenvalue weighted by Crippen LogP contribution is -2.31. The Labute approximate surface area is 265 Å². The van der Waals surface area contributed by atoms with Crippen molar-refractivity contribution in [3.05, 3.63) is 132 Å². The molecule has 0 saturated carbocycles. The van der Waals surface area contributed by atoms with Gasteiger partial charge in [-0.1, -0.05) is 79.4 Å². The Hall–Kier alpha value is -4.48. The highest BCUT2D eigenvalue weighted by atomic mass is 32.2. The van der Waals surface area contributed by atoms with Crippen LogP contribution in [0.4, 0.5) is 4.79 Å². The molecule has 1 fully saturated rings. The number of aliphatic hydroxyl groups excluding tert-OH is 1. The number of rotatable bonds is 12. The second-order valence-corrected chi connectivity index (χ2v) is 11.4. The highest BCUT2D eigenvalue weighted by Gasteiger charge is 2.32. The number of aromatic carboxylic acids is 1. The van der Waals surface area contributed by atoms with Gasteiger partial charge >= 0.3 is 12.1 Å². The summed E-state index contributed by atoms with van der Waals surface area (Å²) in [5, 5.41) is 22.2. The number of benzene rings is 3. The zero-order valence-electron chi connectivity index (χ0n) is 24.5. The summed E-state index contributed by atoms with van der Waals surface area (Å²) in [5.74, 6) is -0.534. The standard InChI is InChI=1S/C35H34N2O7S/c1-2-17-42-35(41)37-20-24-5-3-6-28(18-24)25-12-14-27(15-13-25)34-43-29(22-45-32-30(33(39)40)7-4-16-36-32)19-31(44-34)26-10-8-23(21-38)9-11-26/h2-16,18,29,31,34,38H,1,17,19-22H2,(H,37,41)(H,39,40). The number of alkyl carbamates (subject to hydrolysis) is 1. The van der Waals surface area contributed by atoms with Crippen molar-refractivity contribution in [3.8, 4) is 11.1 Å². The molecule has 232 valence electrons. The van der Waals surface area contributed by atoms with Gasteiger partial charge in [0.25, 0.3) is 0 Å². The van der Waals surface area contributed by atoms with Crippen LogP contribution in [-0.2, 0) is 27.4 Å². The number of carbonyl (C=O) groups is 2. The van der Waals surface area contributed by atoms with E-state index < -0.39 is 18.4 Å². The molecular formula is C35H34N2O7S. The van der Waals surface area contributed by atoms with Gasteiger partial charge in [-0.15, -0.1) is 11.8 Å². The molecular weight excluding hydrogens is 592 g/mol. The van der Waals surface area contributed by atoms with Crippen LogP contribution in [0.3, 0.4) is 0 Å². The van der Waals surface area contributed by atoms with Crippen molar-refractivity contribution in [2.45, 2.75) is 43.1 Å². The second-order valence-electron chi connectivity index (χ2n) is 10.4. The van der Waals surface area contributed by atoms with Gasteiger partial charge in [-0.05, 0) is 46.0 Å². The molecule has 1 aromatic heterocycles. The SMILES string of the molecule is C=CCOC(=O)NCc1cccc(-c2ccc(C3OC(CSc4ncccc4C(=O)O)CC(c4ccc(CO)cc4)O3)cc2)c1. The summed E-state index contributed by atoms with van der Waals surface area (Å²) in [7, 11) is 0. The maximum Gasteiger partial charge on any atom is 0.407 e. The summed E-state index contributed by atoms with van der Waals surface area (Å²) in [6.45, 7) is 3.98. The topological polar surface area (TPSA) is 127 Å². The first kappa shape index (κ1) is 31.9. The number of aliphatic hydroxyl groups is 1. The number of carboxylic acids is 1. The van der Waals surface area contributed by atoms with E-state index >= 15 is 0 Å². The number of carbonyl (C=O) groups excluding carboxylic acids is 1. The minimum atomic E-state index is -1.02. The lowest BCUT2D eigenvalue weighted by molar-refractivity contribution is -0.245. The van der Waals surface area contributed by atoms with Crippen LogP contribution in [0.25, 0.3) is 11.1 Å². The molecule has 3 atom stereocenters. The maximum absolute atomic E-state index is 11.8. The Morgan fingerprint density at radius 2 is 1.76 bits per heavy atom. The Balaban J connectivity index is 1.31. The minimum Gasteiger partial charge on any atom is -0.478 e. The largest absolute Gasteiger partial charge is 0.478 e. The van der Waals surface area contributed by atoms with Crippen molar-refractivity contribution in [2.24, 2.45) is 0 Å². The van der Waals surface area contributed by atoms with E-state index in [4.69, 9.17) is 14.2 Å². The number of carboxylic acid groups (broad SMARTS) is 1. The highest BCUT2D eigenvalue weighted by Crippen LogP contribution is 2.40. The normalized spacial score (nSPS) is 17.8. The molecule has 9 nitrogen and oxygen atoms in total. The molecule has 3 aromatic carbocycles. The molecule has 10 heteroatoms. The maximum atomic E-state index is 11.8.